The van der Waals surface area contributed by atoms with E-state index < -0.39 is 11.4 Å². The number of rotatable bonds is 4. The number of hydrogen-bond acceptors (Lipinski definition) is 2. The molecular formula is C14H15FN2O2. The largest absolute Gasteiger partial charge is 0.481 e. The van der Waals surface area contributed by atoms with Gasteiger partial charge in [-0.05, 0) is 12.1 Å². The standard InChI is InChI=1S/C14H15FN2O2/c1-14(2,7-12(18)19)13-16-8-11(17-13)9-4-3-5-10(15)6-9/h3-6,8H,7H2,1-2H3,(H,16,17)(H,18,19). The molecule has 1 heterocycles. The van der Waals surface area contributed by atoms with Gasteiger partial charge >= 0.3 is 5.97 Å². The normalized spacial score (nSPS) is 11.5. The maximum Gasteiger partial charge on any atom is 0.304 e. The second-order valence-electron chi connectivity index (χ2n) is 5.11. The first-order chi connectivity index (χ1) is 8.88. The highest BCUT2D eigenvalue weighted by Gasteiger charge is 2.27. The summed E-state index contributed by atoms with van der Waals surface area (Å²) in [5.41, 5.74) is 0.759. The molecule has 0 saturated heterocycles. The molecule has 0 fully saturated rings. The molecule has 0 bridgehead atoms. The minimum atomic E-state index is -0.881. The molecule has 0 aliphatic rings. The number of aromatic nitrogens is 2. The summed E-state index contributed by atoms with van der Waals surface area (Å²) in [5, 5.41) is 8.88. The van der Waals surface area contributed by atoms with Crippen LogP contribution in [0.15, 0.2) is 30.5 Å². The highest BCUT2D eigenvalue weighted by Crippen LogP contribution is 2.27. The molecule has 0 spiro atoms. The zero-order valence-corrected chi connectivity index (χ0v) is 10.8. The van der Waals surface area contributed by atoms with E-state index in [-0.39, 0.29) is 12.2 Å². The fourth-order valence-electron chi connectivity index (χ4n) is 1.93. The first kappa shape index (κ1) is 13.3. The molecule has 0 radical (unpaired) electrons. The van der Waals surface area contributed by atoms with E-state index in [1.54, 1.807) is 32.2 Å². The van der Waals surface area contributed by atoms with Gasteiger partial charge in [0.15, 0.2) is 0 Å². The molecule has 5 heteroatoms. The summed E-state index contributed by atoms with van der Waals surface area (Å²) >= 11 is 0. The number of carbonyl (C=O) groups is 1. The summed E-state index contributed by atoms with van der Waals surface area (Å²) in [6, 6.07) is 6.16. The van der Waals surface area contributed by atoms with Crippen LogP contribution in [0.3, 0.4) is 0 Å². The molecule has 1 aromatic carbocycles. The number of imidazole rings is 1. The van der Waals surface area contributed by atoms with Crippen LogP contribution in [0.1, 0.15) is 26.1 Å². The SMILES string of the molecule is CC(C)(CC(=O)O)c1ncc(-c2cccc(F)c2)[nH]1. The molecule has 0 aliphatic heterocycles. The molecule has 2 rings (SSSR count). The van der Waals surface area contributed by atoms with Gasteiger partial charge in [0.25, 0.3) is 0 Å². The number of halogens is 1. The third-order valence-electron chi connectivity index (χ3n) is 2.95. The van der Waals surface area contributed by atoms with Crippen LogP contribution in [0.4, 0.5) is 4.39 Å². The van der Waals surface area contributed by atoms with Crippen molar-refractivity contribution in [1.29, 1.82) is 0 Å². The van der Waals surface area contributed by atoms with Crippen molar-refractivity contribution in [2.45, 2.75) is 25.7 Å². The van der Waals surface area contributed by atoms with E-state index >= 15 is 0 Å². The van der Waals surface area contributed by atoms with Gasteiger partial charge in [-0.3, -0.25) is 4.79 Å². The summed E-state index contributed by atoms with van der Waals surface area (Å²) in [7, 11) is 0. The Morgan fingerprint density at radius 2 is 2.21 bits per heavy atom. The lowest BCUT2D eigenvalue weighted by Gasteiger charge is -2.19. The molecule has 2 aromatic rings. The van der Waals surface area contributed by atoms with Crippen molar-refractivity contribution in [2.24, 2.45) is 0 Å². The maximum atomic E-state index is 13.2. The van der Waals surface area contributed by atoms with Crippen LogP contribution < -0.4 is 0 Å². The molecule has 0 aliphatic carbocycles. The zero-order valence-electron chi connectivity index (χ0n) is 10.8. The van der Waals surface area contributed by atoms with Gasteiger partial charge in [0.2, 0.25) is 0 Å². The number of H-pyrrole nitrogens is 1. The van der Waals surface area contributed by atoms with Gasteiger partial charge in [-0.15, -0.1) is 0 Å². The minimum Gasteiger partial charge on any atom is -0.481 e. The van der Waals surface area contributed by atoms with Gasteiger partial charge in [0.1, 0.15) is 11.6 Å². The lowest BCUT2D eigenvalue weighted by molar-refractivity contribution is -0.138. The van der Waals surface area contributed by atoms with Gasteiger partial charge in [0, 0.05) is 11.0 Å². The van der Waals surface area contributed by atoms with Crippen LogP contribution >= 0.6 is 0 Å². The Bertz CT molecular complexity index is 605. The maximum absolute atomic E-state index is 13.2. The van der Waals surface area contributed by atoms with Crippen molar-refractivity contribution in [2.75, 3.05) is 0 Å². The number of aliphatic carboxylic acids is 1. The average molecular weight is 262 g/mol. The Kier molecular flexibility index (Phi) is 3.38. The first-order valence-electron chi connectivity index (χ1n) is 5.92. The number of carboxylic acid groups (broad SMARTS) is 1. The number of aromatic amines is 1. The summed E-state index contributed by atoms with van der Waals surface area (Å²) in [6.45, 7) is 3.60. The number of hydrogen-bond donors (Lipinski definition) is 2. The molecule has 2 N–H and O–H groups in total. The first-order valence-corrected chi connectivity index (χ1v) is 5.92. The summed E-state index contributed by atoms with van der Waals surface area (Å²) in [5.74, 6) is -0.624. The Labute approximate surface area is 110 Å². The van der Waals surface area contributed by atoms with Crippen LogP contribution in [0, 0.1) is 5.82 Å². The third-order valence-corrected chi connectivity index (χ3v) is 2.95. The third kappa shape index (κ3) is 2.99. The van der Waals surface area contributed by atoms with Crippen LogP contribution in [-0.2, 0) is 10.2 Å². The Hall–Kier alpha value is -2.17. The van der Waals surface area contributed by atoms with E-state index in [0.29, 0.717) is 17.1 Å². The van der Waals surface area contributed by atoms with E-state index in [1.807, 2.05) is 0 Å². The number of benzene rings is 1. The summed E-state index contributed by atoms with van der Waals surface area (Å²) in [4.78, 5) is 18.1. The fourth-order valence-corrected chi connectivity index (χ4v) is 1.93. The lowest BCUT2D eigenvalue weighted by atomic mass is 9.88. The van der Waals surface area contributed by atoms with Gasteiger partial charge in [-0.1, -0.05) is 26.0 Å². The van der Waals surface area contributed by atoms with E-state index in [9.17, 15) is 9.18 Å². The van der Waals surface area contributed by atoms with E-state index in [1.165, 1.54) is 12.1 Å². The predicted molar refractivity (Wildman–Crippen MR) is 69.3 cm³/mol. The highest BCUT2D eigenvalue weighted by atomic mass is 19.1. The molecule has 0 unspecified atom stereocenters. The fraction of sp³-hybridized carbons (Fsp3) is 0.286. The molecule has 0 amide bonds. The predicted octanol–water partition coefficient (Wildman–Crippen LogP) is 2.97. The van der Waals surface area contributed by atoms with Crippen molar-refractivity contribution in [3.63, 3.8) is 0 Å². The van der Waals surface area contributed by atoms with Crippen LogP contribution in [0.25, 0.3) is 11.3 Å². The van der Waals surface area contributed by atoms with Crippen molar-refractivity contribution >= 4 is 5.97 Å². The van der Waals surface area contributed by atoms with E-state index in [2.05, 4.69) is 9.97 Å². The minimum absolute atomic E-state index is 0.0247. The quantitative estimate of drug-likeness (QED) is 0.890. The Morgan fingerprint density at radius 1 is 1.47 bits per heavy atom. The van der Waals surface area contributed by atoms with Gasteiger partial charge in [0.05, 0.1) is 18.3 Å². The summed E-state index contributed by atoms with van der Waals surface area (Å²) < 4.78 is 13.2. The summed E-state index contributed by atoms with van der Waals surface area (Å²) in [6.07, 6.45) is 1.57. The highest BCUT2D eigenvalue weighted by molar-refractivity contribution is 5.68. The molecule has 0 saturated carbocycles. The van der Waals surface area contributed by atoms with Crippen molar-refractivity contribution in [1.82, 2.24) is 9.97 Å². The van der Waals surface area contributed by atoms with Gasteiger partial charge in [-0.2, -0.15) is 0 Å². The number of carboxylic acids is 1. The molecule has 100 valence electrons. The molecule has 0 atom stereocenters. The second-order valence-corrected chi connectivity index (χ2v) is 5.11. The van der Waals surface area contributed by atoms with Crippen LogP contribution in [0.5, 0.6) is 0 Å². The van der Waals surface area contributed by atoms with Gasteiger partial charge < -0.3 is 10.1 Å². The number of nitrogens with zero attached hydrogens (tertiary/aromatic N) is 1. The van der Waals surface area contributed by atoms with Crippen molar-refractivity contribution < 1.29 is 14.3 Å². The Balaban J connectivity index is 2.31. The Morgan fingerprint density at radius 3 is 2.84 bits per heavy atom. The monoisotopic (exact) mass is 262 g/mol. The molecule has 19 heavy (non-hydrogen) atoms. The average Bonchev–Trinajstić information content (AvgIpc) is 2.77. The lowest BCUT2D eigenvalue weighted by Crippen LogP contribution is -2.23. The number of nitrogens with one attached hydrogen (secondary N) is 1. The zero-order chi connectivity index (χ0) is 14.0. The molecular weight excluding hydrogens is 247 g/mol. The van der Waals surface area contributed by atoms with Crippen LogP contribution in [-0.4, -0.2) is 21.0 Å². The smallest absolute Gasteiger partial charge is 0.304 e. The van der Waals surface area contributed by atoms with Gasteiger partial charge in [-0.25, -0.2) is 9.37 Å². The molecule has 1 aromatic heterocycles. The van der Waals surface area contributed by atoms with Crippen LogP contribution in [0.2, 0.25) is 0 Å². The van der Waals surface area contributed by atoms with Crippen molar-refractivity contribution in [3.05, 3.63) is 42.1 Å². The molecule has 4 nitrogen and oxygen atoms in total. The van der Waals surface area contributed by atoms with Crippen molar-refractivity contribution in [3.8, 4) is 11.3 Å². The van der Waals surface area contributed by atoms with E-state index in [0.717, 1.165) is 0 Å². The van der Waals surface area contributed by atoms with E-state index in [4.69, 9.17) is 5.11 Å². The topological polar surface area (TPSA) is 66.0 Å². The second kappa shape index (κ2) is 4.84.